The fraction of sp³-hybridized carbons (Fsp3) is 0.0164. The molecule has 2 aliphatic carbocycles. The van der Waals surface area contributed by atoms with Gasteiger partial charge < -0.3 is 4.90 Å². The first-order valence-electron chi connectivity index (χ1n) is 21.6. The lowest BCUT2D eigenvalue weighted by atomic mass is 9.70. The van der Waals surface area contributed by atoms with Crippen LogP contribution in [0, 0.1) is 0 Å². The predicted octanol–water partition coefficient (Wildman–Crippen LogP) is 16.3. The van der Waals surface area contributed by atoms with Crippen LogP contribution in [0.4, 0.5) is 17.1 Å². The van der Waals surface area contributed by atoms with Gasteiger partial charge in [0.25, 0.3) is 0 Å². The lowest BCUT2D eigenvalue weighted by Crippen LogP contribution is -2.28. The van der Waals surface area contributed by atoms with Crippen molar-refractivity contribution in [2.24, 2.45) is 0 Å². The molecule has 0 N–H and O–H groups in total. The summed E-state index contributed by atoms with van der Waals surface area (Å²) in [7, 11) is 0. The molecule has 2 aliphatic rings. The second-order valence-corrected chi connectivity index (χ2v) is 16.7. The summed E-state index contributed by atoms with van der Waals surface area (Å²) in [5, 5.41) is 7.57. The van der Waals surface area contributed by atoms with Crippen LogP contribution in [0.5, 0.6) is 0 Å². The highest BCUT2D eigenvalue weighted by atomic mass is 15.1. The van der Waals surface area contributed by atoms with Crippen LogP contribution in [0.2, 0.25) is 0 Å². The molecule has 62 heavy (non-hydrogen) atoms. The number of rotatable bonds is 5. The normalized spacial score (nSPS) is 13.0. The van der Waals surface area contributed by atoms with Gasteiger partial charge in [-0.25, -0.2) is 0 Å². The van der Waals surface area contributed by atoms with Crippen LogP contribution in [0.3, 0.4) is 0 Å². The molecule has 1 spiro atoms. The van der Waals surface area contributed by atoms with Gasteiger partial charge in [0.2, 0.25) is 0 Å². The average Bonchev–Trinajstić information content (AvgIpc) is 3.82. The summed E-state index contributed by atoms with van der Waals surface area (Å²) in [5.41, 5.74) is 18.0. The van der Waals surface area contributed by atoms with Gasteiger partial charge in [-0.3, -0.25) is 0 Å². The molecule has 0 bridgehead atoms. The molecule has 0 heterocycles. The molecule has 0 aliphatic heterocycles. The van der Waals surface area contributed by atoms with Crippen LogP contribution in [-0.4, -0.2) is 0 Å². The molecule has 0 fully saturated rings. The van der Waals surface area contributed by atoms with E-state index in [1.54, 1.807) is 0 Å². The Morgan fingerprint density at radius 2 is 0.677 bits per heavy atom. The summed E-state index contributed by atoms with van der Waals surface area (Å²) in [4.78, 5) is 2.57. The zero-order chi connectivity index (χ0) is 40.8. The van der Waals surface area contributed by atoms with Gasteiger partial charge >= 0.3 is 0 Å². The zero-order valence-electron chi connectivity index (χ0n) is 34.0. The summed E-state index contributed by atoms with van der Waals surface area (Å²) in [6.07, 6.45) is 0. The van der Waals surface area contributed by atoms with E-state index in [0.29, 0.717) is 0 Å². The zero-order valence-corrected chi connectivity index (χ0v) is 34.0. The van der Waals surface area contributed by atoms with E-state index >= 15 is 0 Å². The Morgan fingerprint density at radius 3 is 1.21 bits per heavy atom. The summed E-state index contributed by atoms with van der Waals surface area (Å²) < 4.78 is 0. The molecular weight excluding hydrogens is 747 g/mol. The van der Waals surface area contributed by atoms with Gasteiger partial charge in [-0.15, -0.1) is 0 Å². The van der Waals surface area contributed by atoms with Crippen molar-refractivity contribution in [3.05, 3.63) is 259 Å². The van der Waals surface area contributed by atoms with Crippen LogP contribution < -0.4 is 4.90 Å². The molecule has 288 valence electrons. The Hall–Kier alpha value is -8.00. The fourth-order valence-electron chi connectivity index (χ4n) is 11.1. The quantitative estimate of drug-likeness (QED) is 0.157. The number of hydrogen-bond acceptors (Lipinski definition) is 1. The first kappa shape index (κ1) is 34.8. The Morgan fingerprint density at radius 1 is 0.258 bits per heavy atom. The Kier molecular flexibility index (Phi) is 7.59. The number of anilines is 3. The van der Waals surface area contributed by atoms with E-state index < -0.39 is 5.41 Å². The highest BCUT2D eigenvalue weighted by Crippen LogP contribution is 2.65. The van der Waals surface area contributed by atoms with Crippen molar-refractivity contribution in [1.29, 1.82) is 0 Å². The van der Waals surface area contributed by atoms with Crippen molar-refractivity contribution in [1.82, 2.24) is 0 Å². The van der Waals surface area contributed by atoms with Gasteiger partial charge in [0.15, 0.2) is 0 Å². The van der Waals surface area contributed by atoms with E-state index in [9.17, 15) is 0 Å². The molecule has 0 amide bonds. The fourth-order valence-corrected chi connectivity index (χ4v) is 11.1. The van der Waals surface area contributed by atoms with E-state index in [4.69, 9.17) is 0 Å². The SMILES string of the molecule is c1ccc(-c2cc(-c3ccccc3)cc(N(c3ccc4c5ccccc5c5ccccc5c4c3)c3cccc4c3C3(c5ccccc5-c5ccccc53)c3ccccc3-4)c2)cc1. The lowest BCUT2D eigenvalue weighted by molar-refractivity contribution is 0.793. The van der Waals surface area contributed by atoms with Crippen LogP contribution in [0.25, 0.3) is 76.8 Å². The van der Waals surface area contributed by atoms with Gasteiger partial charge in [0, 0.05) is 16.9 Å². The van der Waals surface area contributed by atoms with Crippen molar-refractivity contribution in [2.75, 3.05) is 4.90 Å². The molecule has 0 unspecified atom stereocenters. The first-order valence-corrected chi connectivity index (χ1v) is 21.6. The molecule has 1 nitrogen and oxygen atoms in total. The van der Waals surface area contributed by atoms with Crippen LogP contribution in [0.15, 0.2) is 237 Å². The highest BCUT2D eigenvalue weighted by Gasteiger charge is 2.53. The molecule has 11 aromatic carbocycles. The van der Waals surface area contributed by atoms with Gasteiger partial charge in [0.05, 0.1) is 11.1 Å². The second-order valence-electron chi connectivity index (χ2n) is 16.7. The van der Waals surface area contributed by atoms with Gasteiger partial charge in [-0.05, 0) is 130 Å². The number of nitrogens with zero attached hydrogens (tertiary/aromatic N) is 1. The van der Waals surface area contributed by atoms with Gasteiger partial charge in [-0.2, -0.15) is 0 Å². The third-order valence-corrected chi connectivity index (χ3v) is 13.6. The first-order chi connectivity index (χ1) is 30.8. The monoisotopic (exact) mass is 785 g/mol. The third-order valence-electron chi connectivity index (χ3n) is 13.6. The van der Waals surface area contributed by atoms with Crippen molar-refractivity contribution < 1.29 is 0 Å². The predicted molar refractivity (Wildman–Crippen MR) is 261 cm³/mol. The minimum absolute atomic E-state index is 0.535. The summed E-state index contributed by atoms with van der Waals surface area (Å²) in [6.45, 7) is 0. The van der Waals surface area contributed by atoms with E-state index in [1.165, 1.54) is 105 Å². The standard InChI is InChI=1S/C61H39N/c1-3-18-40(19-4-1)42-36-43(41-20-5-2-6-21-41)38-45(37-42)62(44-34-35-50-48-24-8-7-22-46(48)47-23-9-10-25-49(47)55(50)39-44)59-33-17-29-54-53-28-13-16-32-58(53)61(60(54)59)56-30-14-11-26-51(56)52-27-12-15-31-57(52)61/h1-39H. The maximum atomic E-state index is 2.57. The Bertz CT molecular complexity index is 3430. The van der Waals surface area contributed by atoms with Crippen molar-refractivity contribution in [3.8, 4) is 44.5 Å². The molecule has 0 saturated heterocycles. The summed E-state index contributed by atoms with van der Waals surface area (Å²) in [5.74, 6) is 0. The molecule has 0 saturated carbocycles. The van der Waals surface area contributed by atoms with E-state index in [2.05, 4.69) is 241 Å². The van der Waals surface area contributed by atoms with E-state index in [1.807, 2.05) is 0 Å². The summed E-state index contributed by atoms with van der Waals surface area (Å²) in [6, 6.07) is 88.1. The van der Waals surface area contributed by atoms with Crippen LogP contribution in [-0.2, 0) is 5.41 Å². The summed E-state index contributed by atoms with van der Waals surface area (Å²) >= 11 is 0. The van der Waals surface area contributed by atoms with Crippen molar-refractivity contribution in [3.63, 3.8) is 0 Å². The van der Waals surface area contributed by atoms with Gasteiger partial charge in [0.1, 0.15) is 0 Å². The molecule has 13 rings (SSSR count). The number of benzene rings is 11. The molecule has 0 aromatic heterocycles. The smallest absolute Gasteiger partial charge is 0.0746 e. The third kappa shape index (κ3) is 4.91. The number of hydrogen-bond donors (Lipinski definition) is 0. The maximum Gasteiger partial charge on any atom is 0.0746 e. The molecule has 0 atom stereocenters. The Balaban J connectivity index is 1.17. The molecule has 0 radical (unpaired) electrons. The minimum Gasteiger partial charge on any atom is -0.310 e. The van der Waals surface area contributed by atoms with Crippen LogP contribution in [0.1, 0.15) is 22.3 Å². The molecular formula is C61H39N. The highest BCUT2D eigenvalue weighted by molar-refractivity contribution is 6.26. The maximum absolute atomic E-state index is 2.57. The molecule has 1 heteroatoms. The van der Waals surface area contributed by atoms with Crippen molar-refractivity contribution in [2.45, 2.75) is 5.41 Å². The van der Waals surface area contributed by atoms with Gasteiger partial charge in [-0.1, -0.05) is 200 Å². The van der Waals surface area contributed by atoms with E-state index in [0.717, 1.165) is 11.4 Å². The topological polar surface area (TPSA) is 3.24 Å². The Labute approximate surface area is 361 Å². The van der Waals surface area contributed by atoms with E-state index in [-0.39, 0.29) is 0 Å². The second kappa shape index (κ2) is 13.5. The van der Waals surface area contributed by atoms with Crippen LogP contribution >= 0.6 is 0 Å². The minimum atomic E-state index is -0.535. The lowest BCUT2D eigenvalue weighted by Gasteiger charge is -2.36. The molecule has 11 aromatic rings. The largest absolute Gasteiger partial charge is 0.310 e. The van der Waals surface area contributed by atoms with Crippen molar-refractivity contribution >= 4 is 49.4 Å². The number of fused-ring (bicyclic) bond motifs is 16. The average molecular weight is 786 g/mol.